The number of aliphatic imine (C=N–C) groups is 1. The van der Waals surface area contributed by atoms with Gasteiger partial charge in [-0.15, -0.1) is 24.0 Å². The minimum Gasteiger partial charge on any atom is -0.493 e. The maximum atomic E-state index is 5.57. The minimum atomic E-state index is 0. The Bertz CT molecular complexity index is 846. The first kappa shape index (κ1) is 25.3. The van der Waals surface area contributed by atoms with Gasteiger partial charge in [-0.1, -0.05) is 25.3 Å². The van der Waals surface area contributed by atoms with Crippen molar-refractivity contribution in [1.82, 2.24) is 20.4 Å². The van der Waals surface area contributed by atoms with E-state index in [0.29, 0.717) is 0 Å². The lowest BCUT2D eigenvalue weighted by Gasteiger charge is -2.38. The van der Waals surface area contributed by atoms with Gasteiger partial charge in [0.15, 0.2) is 17.5 Å². The molecular weight excluding hydrogens is 505 g/mol. The van der Waals surface area contributed by atoms with Gasteiger partial charge in [0.05, 0.1) is 27.0 Å². The molecule has 0 amide bonds. The number of aromatic nitrogens is 2. The van der Waals surface area contributed by atoms with E-state index in [1.54, 1.807) is 14.2 Å². The maximum absolute atomic E-state index is 5.57. The van der Waals surface area contributed by atoms with Gasteiger partial charge in [-0.25, -0.2) is 0 Å². The Balaban J connectivity index is 0.00000341. The fourth-order valence-electron chi connectivity index (χ4n) is 4.31. The predicted octanol–water partition coefficient (Wildman–Crippen LogP) is 3.89. The average molecular weight is 541 g/mol. The molecule has 2 N–H and O–H groups in total. The van der Waals surface area contributed by atoms with Crippen molar-refractivity contribution in [3.8, 4) is 11.5 Å². The summed E-state index contributed by atoms with van der Waals surface area (Å²) in [6.45, 7) is 4.46. The molecule has 31 heavy (non-hydrogen) atoms. The fourth-order valence-corrected chi connectivity index (χ4v) is 4.31. The third-order valence-corrected chi connectivity index (χ3v) is 6.02. The number of rotatable bonds is 8. The molecule has 7 nitrogen and oxygen atoms in total. The van der Waals surface area contributed by atoms with Crippen LogP contribution in [-0.2, 0) is 12.0 Å². The van der Waals surface area contributed by atoms with Crippen molar-refractivity contribution in [3.63, 3.8) is 0 Å². The average Bonchev–Trinajstić information content (AvgIpc) is 3.21. The van der Waals surface area contributed by atoms with Crippen LogP contribution in [0.15, 0.2) is 35.6 Å². The van der Waals surface area contributed by atoms with Crippen LogP contribution >= 0.6 is 24.0 Å². The number of nitrogens with zero attached hydrogens (tertiary/aromatic N) is 3. The van der Waals surface area contributed by atoms with E-state index in [1.165, 1.54) is 30.4 Å². The molecular formula is C23H36IN5O2. The summed E-state index contributed by atoms with van der Waals surface area (Å²) in [4.78, 5) is 4.41. The van der Waals surface area contributed by atoms with E-state index in [1.807, 2.05) is 30.2 Å². The summed E-state index contributed by atoms with van der Waals surface area (Å²) in [6.07, 6.45) is 10.00. The molecule has 1 aromatic heterocycles. The van der Waals surface area contributed by atoms with Gasteiger partial charge in [0.1, 0.15) is 0 Å². The van der Waals surface area contributed by atoms with Gasteiger partial charge in [-0.3, -0.25) is 9.67 Å². The highest BCUT2D eigenvalue weighted by Crippen LogP contribution is 2.42. The van der Waals surface area contributed by atoms with Crippen molar-refractivity contribution in [2.75, 3.05) is 34.4 Å². The molecule has 0 spiro atoms. The lowest BCUT2D eigenvalue weighted by molar-refractivity contribution is 0.288. The third kappa shape index (κ3) is 6.51. The predicted molar refractivity (Wildman–Crippen MR) is 136 cm³/mol. The number of methoxy groups -OCH3 is 2. The number of ether oxygens (including phenoxy) is 2. The van der Waals surface area contributed by atoms with Crippen molar-refractivity contribution in [2.45, 2.75) is 51.0 Å². The number of benzene rings is 1. The molecule has 0 atom stereocenters. The topological polar surface area (TPSA) is 72.7 Å². The summed E-state index contributed by atoms with van der Waals surface area (Å²) < 4.78 is 12.9. The van der Waals surface area contributed by atoms with E-state index in [0.717, 1.165) is 49.9 Å². The van der Waals surface area contributed by atoms with Gasteiger partial charge < -0.3 is 20.1 Å². The summed E-state index contributed by atoms with van der Waals surface area (Å²) in [5.74, 6) is 2.38. The summed E-state index contributed by atoms with van der Waals surface area (Å²) in [5, 5.41) is 11.3. The Labute approximate surface area is 203 Å². The van der Waals surface area contributed by atoms with Crippen LogP contribution in [0.25, 0.3) is 0 Å². The van der Waals surface area contributed by atoms with E-state index in [2.05, 4.69) is 39.8 Å². The molecule has 8 heteroatoms. The number of hydrogen-bond acceptors (Lipinski definition) is 4. The smallest absolute Gasteiger partial charge is 0.191 e. The largest absolute Gasteiger partial charge is 0.493 e. The standard InChI is InChI=1S/C23H35N5O2.HI/c1-18-15-27-28(16-18)13-12-25-22(24-2)26-17-23(10-6-5-7-11-23)19-8-9-20(29-3)21(14-19)30-4;/h8-9,14-16H,5-7,10-13,17H2,1-4H3,(H2,24,25,26);1H. The van der Waals surface area contributed by atoms with Crippen molar-refractivity contribution < 1.29 is 9.47 Å². The molecule has 0 aliphatic heterocycles. The summed E-state index contributed by atoms with van der Waals surface area (Å²) in [7, 11) is 5.19. The van der Waals surface area contributed by atoms with Crippen LogP contribution in [0.5, 0.6) is 11.5 Å². The maximum Gasteiger partial charge on any atom is 0.191 e. The van der Waals surface area contributed by atoms with Crippen LogP contribution in [0.4, 0.5) is 0 Å². The number of guanidine groups is 1. The highest BCUT2D eigenvalue weighted by Gasteiger charge is 2.34. The molecule has 3 rings (SSSR count). The monoisotopic (exact) mass is 541 g/mol. The second-order valence-corrected chi connectivity index (χ2v) is 8.04. The molecule has 0 bridgehead atoms. The van der Waals surface area contributed by atoms with Gasteiger partial charge >= 0.3 is 0 Å². The zero-order valence-electron chi connectivity index (χ0n) is 19.1. The molecule has 2 aromatic rings. The number of halogens is 1. The van der Waals surface area contributed by atoms with E-state index in [9.17, 15) is 0 Å². The van der Waals surface area contributed by atoms with Crippen molar-refractivity contribution >= 4 is 29.9 Å². The quantitative estimate of drug-likeness (QED) is 0.302. The highest BCUT2D eigenvalue weighted by molar-refractivity contribution is 14.0. The first-order chi connectivity index (χ1) is 14.6. The summed E-state index contributed by atoms with van der Waals surface area (Å²) >= 11 is 0. The Kier molecular flexibility index (Phi) is 9.93. The van der Waals surface area contributed by atoms with Gasteiger partial charge in [0.2, 0.25) is 0 Å². The van der Waals surface area contributed by atoms with Crippen molar-refractivity contribution in [1.29, 1.82) is 0 Å². The lowest BCUT2D eigenvalue weighted by Crippen LogP contribution is -2.47. The van der Waals surface area contributed by atoms with E-state index >= 15 is 0 Å². The van der Waals surface area contributed by atoms with Crippen molar-refractivity contribution in [3.05, 3.63) is 41.7 Å². The second kappa shape index (κ2) is 12.2. The molecule has 1 saturated carbocycles. The van der Waals surface area contributed by atoms with E-state index in [-0.39, 0.29) is 29.4 Å². The molecule has 0 radical (unpaired) electrons. The van der Waals surface area contributed by atoms with E-state index in [4.69, 9.17) is 9.47 Å². The van der Waals surface area contributed by atoms with Gasteiger partial charge in [0, 0.05) is 31.7 Å². The highest BCUT2D eigenvalue weighted by atomic mass is 127. The number of hydrogen-bond donors (Lipinski definition) is 2. The minimum absolute atomic E-state index is 0. The Morgan fingerprint density at radius 3 is 2.48 bits per heavy atom. The molecule has 1 aromatic carbocycles. The summed E-state index contributed by atoms with van der Waals surface area (Å²) in [5.41, 5.74) is 2.54. The zero-order chi connectivity index (χ0) is 21.4. The fraction of sp³-hybridized carbons (Fsp3) is 0.565. The number of nitrogens with one attached hydrogen (secondary N) is 2. The van der Waals surface area contributed by atoms with Crippen LogP contribution in [0, 0.1) is 6.92 Å². The number of aryl methyl sites for hydroxylation is 1. The van der Waals surface area contributed by atoms with Gasteiger partial charge in [-0.2, -0.15) is 5.10 Å². The van der Waals surface area contributed by atoms with Crippen LogP contribution < -0.4 is 20.1 Å². The summed E-state index contributed by atoms with van der Waals surface area (Å²) in [6, 6.07) is 6.34. The lowest BCUT2D eigenvalue weighted by atomic mass is 9.69. The first-order valence-corrected chi connectivity index (χ1v) is 10.8. The molecule has 0 saturated heterocycles. The Morgan fingerprint density at radius 1 is 1.13 bits per heavy atom. The SMILES string of the molecule is CN=C(NCCn1cc(C)cn1)NCC1(c2ccc(OC)c(OC)c2)CCCCC1.I. The molecule has 1 heterocycles. The first-order valence-electron chi connectivity index (χ1n) is 10.8. The zero-order valence-corrected chi connectivity index (χ0v) is 21.4. The second-order valence-electron chi connectivity index (χ2n) is 8.04. The van der Waals surface area contributed by atoms with E-state index < -0.39 is 0 Å². The third-order valence-electron chi connectivity index (χ3n) is 6.02. The molecule has 1 aliphatic rings. The van der Waals surface area contributed by atoms with Gasteiger partial charge in [-0.05, 0) is 43.0 Å². The molecule has 1 aliphatic carbocycles. The van der Waals surface area contributed by atoms with Crippen LogP contribution in [0.3, 0.4) is 0 Å². The normalized spacial score (nSPS) is 15.7. The van der Waals surface area contributed by atoms with Crippen LogP contribution in [0.1, 0.15) is 43.2 Å². The van der Waals surface area contributed by atoms with Gasteiger partial charge in [0.25, 0.3) is 0 Å². The molecule has 0 unspecified atom stereocenters. The molecule has 172 valence electrons. The van der Waals surface area contributed by atoms with Crippen LogP contribution in [0.2, 0.25) is 0 Å². The molecule has 1 fully saturated rings. The van der Waals surface area contributed by atoms with Crippen LogP contribution in [-0.4, -0.2) is 50.1 Å². The van der Waals surface area contributed by atoms with Crippen molar-refractivity contribution in [2.24, 2.45) is 4.99 Å². The Morgan fingerprint density at radius 2 is 1.87 bits per heavy atom. The Hall–Kier alpha value is -1.97.